The predicted molar refractivity (Wildman–Crippen MR) is 139 cm³/mol. The number of carbonyl (C=O) groups excluding carboxylic acids is 3. The van der Waals surface area contributed by atoms with Gasteiger partial charge >= 0.3 is 0 Å². The number of aliphatic hydroxyl groups is 1. The lowest BCUT2D eigenvalue weighted by Gasteiger charge is -2.34. The number of aryl methyl sites for hydroxylation is 1. The van der Waals surface area contributed by atoms with Crippen LogP contribution in [-0.2, 0) is 14.4 Å². The summed E-state index contributed by atoms with van der Waals surface area (Å²) in [7, 11) is 1.56. The topological polar surface area (TPSA) is 98.7 Å². The molecule has 3 amide bonds. The minimum atomic E-state index is -0.934. The van der Waals surface area contributed by atoms with Crippen molar-refractivity contribution in [3.63, 3.8) is 0 Å². The highest BCUT2D eigenvalue weighted by molar-refractivity contribution is 6.34. The molecule has 2 aliphatic rings. The summed E-state index contributed by atoms with van der Waals surface area (Å²) in [6, 6.07) is 12.8. The van der Waals surface area contributed by atoms with Gasteiger partial charge in [0.1, 0.15) is 6.04 Å². The molecule has 0 aromatic heterocycles. The normalized spacial score (nSPS) is 25.9. The van der Waals surface area contributed by atoms with Crippen LogP contribution in [-0.4, -0.2) is 47.4 Å². The number of para-hydroxylation sites is 1. The number of anilines is 1. The van der Waals surface area contributed by atoms with E-state index in [0.29, 0.717) is 22.7 Å². The lowest BCUT2D eigenvalue weighted by atomic mass is 9.69. The highest BCUT2D eigenvalue weighted by Gasteiger charge is 2.58. The second kappa shape index (κ2) is 10.8. The molecule has 0 unspecified atom stereocenters. The summed E-state index contributed by atoms with van der Waals surface area (Å²) in [6.45, 7) is 3.46. The second-order valence-corrected chi connectivity index (χ2v) is 9.83. The number of amides is 3. The smallest absolute Gasteiger partial charge is 0.247 e. The minimum absolute atomic E-state index is 0.131. The molecule has 4 rings (SSSR count). The molecule has 8 heteroatoms. The number of likely N-dealkylation sites (tertiary alicyclic amines) is 1. The fourth-order valence-electron chi connectivity index (χ4n) is 5.71. The van der Waals surface area contributed by atoms with Crippen molar-refractivity contribution in [2.75, 3.05) is 19.0 Å². The zero-order chi connectivity index (χ0) is 26.0. The highest BCUT2D eigenvalue weighted by Crippen LogP contribution is 2.47. The Morgan fingerprint density at radius 1 is 1.08 bits per heavy atom. The molecule has 7 nitrogen and oxygen atoms in total. The molecule has 2 aromatic rings. The standard InChI is InChI=1S/C28H32ClN3O4/c1-4-17-13-14-19-23(22(17)26(34)30-3)28(36)32(21(15-33)18-10-6-5-7-11-18)25(19)27(35)31-24-16(2)9-8-12-20(24)29/h5-14,17,19,21-23,25,33H,4,15H2,1-3H3,(H,30,34)(H,31,35)/t17-,19+,21-,22-,23-,25+/m1/s1. The number of allylic oxidation sites excluding steroid dienone is 1. The Morgan fingerprint density at radius 2 is 1.81 bits per heavy atom. The van der Waals surface area contributed by atoms with E-state index in [1.165, 1.54) is 4.90 Å². The monoisotopic (exact) mass is 509 g/mol. The molecule has 2 aromatic carbocycles. The van der Waals surface area contributed by atoms with E-state index in [9.17, 15) is 19.5 Å². The molecule has 190 valence electrons. The van der Waals surface area contributed by atoms with Crippen LogP contribution in [0.2, 0.25) is 5.02 Å². The molecule has 1 saturated heterocycles. The Morgan fingerprint density at radius 3 is 2.42 bits per heavy atom. The van der Waals surface area contributed by atoms with E-state index in [4.69, 9.17) is 11.6 Å². The molecule has 1 heterocycles. The van der Waals surface area contributed by atoms with Gasteiger partial charge in [-0.15, -0.1) is 0 Å². The van der Waals surface area contributed by atoms with Crippen LogP contribution in [0.3, 0.4) is 0 Å². The van der Waals surface area contributed by atoms with Crippen molar-refractivity contribution in [1.29, 1.82) is 0 Å². The number of carbonyl (C=O) groups is 3. The van der Waals surface area contributed by atoms with Gasteiger partial charge in [0.25, 0.3) is 0 Å². The van der Waals surface area contributed by atoms with Crippen LogP contribution >= 0.6 is 11.6 Å². The Balaban J connectivity index is 1.82. The SMILES string of the molecule is CC[C@@H]1C=C[C@H]2[C@@H](C(=O)N([C@H](CO)c3ccccc3)[C@@H]2C(=O)Nc2c(C)cccc2Cl)[C@@H]1C(=O)NC. The summed E-state index contributed by atoms with van der Waals surface area (Å²) in [6.07, 6.45) is 4.54. The van der Waals surface area contributed by atoms with E-state index in [1.54, 1.807) is 19.2 Å². The van der Waals surface area contributed by atoms with Gasteiger partial charge in [-0.05, 0) is 36.5 Å². The third-order valence-corrected chi connectivity index (χ3v) is 7.81. The number of nitrogens with one attached hydrogen (secondary N) is 2. The maximum absolute atomic E-state index is 14.1. The lowest BCUT2D eigenvalue weighted by molar-refractivity contribution is -0.143. The van der Waals surface area contributed by atoms with Gasteiger partial charge in [0.2, 0.25) is 17.7 Å². The van der Waals surface area contributed by atoms with E-state index < -0.39 is 35.7 Å². The predicted octanol–water partition coefficient (Wildman–Crippen LogP) is 3.72. The van der Waals surface area contributed by atoms with Crippen LogP contribution in [0.15, 0.2) is 60.7 Å². The first-order valence-electron chi connectivity index (χ1n) is 12.3. The van der Waals surface area contributed by atoms with Crippen LogP contribution in [0.4, 0.5) is 5.69 Å². The van der Waals surface area contributed by atoms with Crippen molar-refractivity contribution in [1.82, 2.24) is 10.2 Å². The fraction of sp³-hybridized carbons (Fsp3) is 0.393. The minimum Gasteiger partial charge on any atom is -0.394 e. The molecule has 1 aliphatic heterocycles. The molecular formula is C28H32ClN3O4. The van der Waals surface area contributed by atoms with Gasteiger partial charge in [-0.3, -0.25) is 14.4 Å². The van der Waals surface area contributed by atoms with Gasteiger partial charge in [-0.25, -0.2) is 0 Å². The van der Waals surface area contributed by atoms with E-state index in [0.717, 1.165) is 5.56 Å². The zero-order valence-electron chi connectivity index (χ0n) is 20.6. The summed E-state index contributed by atoms with van der Waals surface area (Å²) in [5.41, 5.74) is 1.99. The molecule has 0 bridgehead atoms. The van der Waals surface area contributed by atoms with Gasteiger partial charge in [-0.2, -0.15) is 0 Å². The first-order valence-corrected chi connectivity index (χ1v) is 12.7. The number of benzene rings is 2. The van der Waals surface area contributed by atoms with Gasteiger partial charge < -0.3 is 20.6 Å². The second-order valence-electron chi connectivity index (χ2n) is 9.42. The molecule has 0 spiro atoms. The molecule has 1 fully saturated rings. The lowest BCUT2D eigenvalue weighted by Crippen LogP contribution is -2.47. The van der Waals surface area contributed by atoms with Gasteiger partial charge in [0.05, 0.1) is 35.2 Å². The Kier molecular flexibility index (Phi) is 7.81. The van der Waals surface area contributed by atoms with E-state index >= 15 is 0 Å². The quantitative estimate of drug-likeness (QED) is 0.495. The number of halogens is 1. The summed E-state index contributed by atoms with van der Waals surface area (Å²) in [5, 5.41) is 16.5. The molecule has 6 atom stereocenters. The maximum Gasteiger partial charge on any atom is 0.247 e. The Labute approximate surface area is 216 Å². The average Bonchev–Trinajstić information content (AvgIpc) is 3.18. The van der Waals surface area contributed by atoms with Crippen LogP contribution in [0.25, 0.3) is 0 Å². The third-order valence-electron chi connectivity index (χ3n) is 7.50. The number of nitrogens with zero attached hydrogens (tertiary/aromatic N) is 1. The molecule has 3 N–H and O–H groups in total. The summed E-state index contributed by atoms with van der Waals surface area (Å²) in [4.78, 5) is 42.5. The fourth-order valence-corrected chi connectivity index (χ4v) is 5.98. The van der Waals surface area contributed by atoms with E-state index in [2.05, 4.69) is 10.6 Å². The van der Waals surface area contributed by atoms with Crippen molar-refractivity contribution in [3.05, 3.63) is 76.8 Å². The number of fused-ring (bicyclic) bond motifs is 1. The first kappa shape index (κ1) is 25.9. The first-order chi connectivity index (χ1) is 17.3. The molecule has 0 radical (unpaired) electrons. The molecule has 36 heavy (non-hydrogen) atoms. The van der Waals surface area contributed by atoms with Gasteiger partial charge in [0, 0.05) is 13.0 Å². The number of hydrogen-bond acceptors (Lipinski definition) is 4. The zero-order valence-corrected chi connectivity index (χ0v) is 21.4. The third kappa shape index (κ3) is 4.53. The Bertz CT molecular complexity index is 1150. The van der Waals surface area contributed by atoms with Crippen molar-refractivity contribution >= 4 is 35.0 Å². The van der Waals surface area contributed by atoms with Crippen molar-refractivity contribution in [2.24, 2.45) is 23.7 Å². The summed E-state index contributed by atoms with van der Waals surface area (Å²) >= 11 is 6.39. The highest BCUT2D eigenvalue weighted by atomic mass is 35.5. The summed E-state index contributed by atoms with van der Waals surface area (Å²) in [5.74, 6) is -2.94. The molecule has 0 saturated carbocycles. The molecular weight excluding hydrogens is 478 g/mol. The van der Waals surface area contributed by atoms with E-state index in [-0.39, 0.29) is 24.3 Å². The van der Waals surface area contributed by atoms with Crippen LogP contribution in [0, 0.1) is 30.6 Å². The van der Waals surface area contributed by atoms with Crippen molar-refractivity contribution in [3.8, 4) is 0 Å². The van der Waals surface area contributed by atoms with Crippen LogP contribution < -0.4 is 10.6 Å². The summed E-state index contributed by atoms with van der Waals surface area (Å²) < 4.78 is 0. The van der Waals surface area contributed by atoms with Crippen LogP contribution in [0.1, 0.15) is 30.5 Å². The number of aliphatic hydroxyl groups excluding tert-OH is 1. The van der Waals surface area contributed by atoms with Crippen molar-refractivity contribution in [2.45, 2.75) is 32.4 Å². The van der Waals surface area contributed by atoms with Gasteiger partial charge in [0.15, 0.2) is 0 Å². The number of hydrogen-bond donors (Lipinski definition) is 3. The average molecular weight is 510 g/mol. The van der Waals surface area contributed by atoms with Crippen molar-refractivity contribution < 1.29 is 19.5 Å². The van der Waals surface area contributed by atoms with E-state index in [1.807, 2.05) is 62.4 Å². The number of rotatable bonds is 7. The largest absolute Gasteiger partial charge is 0.394 e. The van der Waals surface area contributed by atoms with Crippen LogP contribution in [0.5, 0.6) is 0 Å². The van der Waals surface area contributed by atoms with Gasteiger partial charge in [-0.1, -0.05) is 73.1 Å². The molecule has 1 aliphatic carbocycles. The maximum atomic E-state index is 14.1. The Hall–Kier alpha value is -3.16.